The molecule has 0 saturated heterocycles. The molecule has 0 spiro atoms. The largest absolute Gasteiger partial charge is 0.312 e. The van der Waals surface area contributed by atoms with E-state index in [9.17, 15) is 0 Å². The maximum absolute atomic E-state index is 2.31. The first-order valence-electron chi connectivity index (χ1n) is 5.98. The van der Waals surface area contributed by atoms with Crippen molar-refractivity contribution in [1.29, 1.82) is 0 Å². The van der Waals surface area contributed by atoms with E-state index in [4.69, 9.17) is 0 Å². The Hall–Kier alpha value is -0.120. The van der Waals surface area contributed by atoms with Gasteiger partial charge in [-0.1, -0.05) is 27.7 Å². The minimum Gasteiger partial charge on any atom is -0.312 e. The van der Waals surface area contributed by atoms with Crippen molar-refractivity contribution >= 4 is 0 Å². The zero-order chi connectivity index (χ0) is 12.9. The maximum atomic E-state index is 2.31. The van der Waals surface area contributed by atoms with Crippen LogP contribution in [0.15, 0.2) is 0 Å². The van der Waals surface area contributed by atoms with E-state index in [1.54, 1.807) is 0 Å². The second kappa shape index (κ2) is 16.3. The fourth-order valence-electron chi connectivity index (χ4n) is 0.899. The summed E-state index contributed by atoms with van der Waals surface area (Å²) in [6, 6.07) is 0. The van der Waals surface area contributed by atoms with Crippen LogP contribution in [0.25, 0.3) is 0 Å². The van der Waals surface area contributed by atoms with Gasteiger partial charge in [0.05, 0.1) is 0 Å². The molecule has 0 heterocycles. The maximum Gasteiger partial charge on any atom is 0.0130 e. The predicted molar refractivity (Wildman–Crippen MR) is 72.2 cm³/mol. The standard InChI is InChI=1S/C7H18N2.C3H9N.C2H6/c1-5-7-9(6-2)8(3)4;1-4(2)3;1-2/h5-7H2,1-4H3;1-3H3;1-2H3. The quantitative estimate of drug-likeness (QED) is 0.672. The van der Waals surface area contributed by atoms with Crippen LogP contribution in [0.3, 0.4) is 0 Å². The number of hydrazine groups is 1. The average molecular weight is 219 g/mol. The third-order valence-corrected chi connectivity index (χ3v) is 1.41. The molecule has 0 aromatic heterocycles. The zero-order valence-electron chi connectivity index (χ0n) is 12.5. The first-order valence-corrected chi connectivity index (χ1v) is 5.98. The molecule has 0 aromatic rings. The highest BCUT2D eigenvalue weighted by atomic mass is 15.6. The van der Waals surface area contributed by atoms with Crippen molar-refractivity contribution in [3.63, 3.8) is 0 Å². The van der Waals surface area contributed by atoms with Crippen LogP contribution in [0, 0.1) is 0 Å². The SMILES string of the molecule is CC.CCCN(CC)N(C)C.CN(C)C. The smallest absolute Gasteiger partial charge is 0.0130 e. The minimum absolute atomic E-state index is 1.11. The van der Waals surface area contributed by atoms with E-state index in [-0.39, 0.29) is 0 Å². The second-order valence-electron chi connectivity index (χ2n) is 3.74. The van der Waals surface area contributed by atoms with Gasteiger partial charge in [0.15, 0.2) is 0 Å². The van der Waals surface area contributed by atoms with Gasteiger partial charge >= 0.3 is 0 Å². The van der Waals surface area contributed by atoms with E-state index in [1.807, 2.05) is 39.9 Å². The van der Waals surface area contributed by atoms with Gasteiger partial charge in [0, 0.05) is 27.2 Å². The highest BCUT2D eigenvalue weighted by Gasteiger charge is 2.00. The number of hydrogen-bond acceptors (Lipinski definition) is 3. The van der Waals surface area contributed by atoms with E-state index < -0.39 is 0 Å². The Balaban J connectivity index is -0.000000202. The molecule has 0 aliphatic rings. The third-order valence-electron chi connectivity index (χ3n) is 1.41. The van der Waals surface area contributed by atoms with Gasteiger partial charge in [-0.2, -0.15) is 0 Å². The van der Waals surface area contributed by atoms with Crippen LogP contribution in [0.1, 0.15) is 34.1 Å². The molecule has 15 heavy (non-hydrogen) atoms. The van der Waals surface area contributed by atoms with Crippen LogP contribution < -0.4 is 0 Å². The first kappa shape index (κ1) is 20.3. The van der Waals surface area contributed by atoms with Gasteiger partial charge in [0.1, 0.15) is 0 Å². The van der Waals surface area contributed by atoms with Gasteiger partial charge in [-0.3, -0.25) is 0 Å². The summed E-state index contributed by atoms with van der Waals surface area (Å²) in [4.78, 5) is 2.00. The molecule has 0 fully saturated rings. The molecule has 0 saturated carbocycles. The number of nitrogens with zero attached hydrogens (tertiary/aromatic N) is 3. The summed E-state index contributed by atoms with van der Waals surface area (Å²) < 4.78 is 0. The molecule has 96 valence electrons. The molecule has 0 rings (SSSR count). The van der Waals surface area contributed by atoms with Crippen LogP contribution in [0.2, 0.25) is 0 Å². The molecule has 0 N–H and O–H groups in total. The van der Waals surface area contributed by atoms with Crippen LogP contribution in [0.4, 0.5) is 0 Å². The minimum atomic E-state index is 1.11. The lowest BCUT2D eigenvalue weighted by Gasteiger charge is -2.26. The number of rotatable bonds is 4. The van der Waals surface area contributed by atoms with E-state index >= 15 is 0 Å². The van der Waals surface area contributed by atoms with Crippen molar-refractivity contribution < 1.29 is 0 Å². The zero-order valence-corrected chi connectivity index (χ0v) is 12.5. The summed E-state index contributed by atoms with van der Waals surface area (Å²) in [6.07, 6.45) is 1.23. The van der Waals surface area contributed by atoms with Crippen molar-refractivity contribution in [3.05, 3.63) is 0 Å². The third kappa shape index (κ3) is 24.8. The molecule has 0 bridgehead atoms. The Kier molecular flexibility index (Phi) is 22.1. The van der Waals surface area contributed by atoms with Gasteiger partial charge < -0.3 is 4.90 Å². The Morgan fingerprint density at radius 1 is 0.800 bits per heavy atom. The Labute approximate surface area is 98.0 Å². The van der Waals surface area contributed by atoms with E-state index in [2.05, 4.69) is 38.0 Å². The topological polar surface area (TPSA) is 9.72 Å². The first-order chi connectivity index (χ1) is 6.95. The normalized spacial score (nSPS) is 9.60. The molecule has 0 atom stereocenters. The summed E-state index contributed by atoms with van der Waals surface area (Å²) in [5.41, 5.74) is 0. The summed E-state index contributed by atoms with van der Waals surface area (Å²) >= 11 is 0. The molecule has 0 unspecified atom stereocenters. The molecular formula is C12H33N3. The molecule has 3 heteroatoms. The van der Waals surface area contributed by atoms with Crippen LogP contribution >= 0.6 is 0 Å². The fourth-order valence-corrected chi connectivity index (χ4v) is 0.899. The fraction of sp³-hybridized carbons (Fsp3) is 1.00. The Bertz CT molecular complexity index is 90.1. The van der Waals surface area contributed by atoms with Gasteiger partial charge in [-0.05, 0) is 27.6 Å². The van der Waals surface area contributed by atoms with Crippen molar-refractivity contribution in [1.82, 2.24) is 14.9 Å². The van der Waals surface area contributed by atoms with Crippen molar-refractivity contribution in [2.75, 3.05) is 48.3 Å². The van der Waals surface area contributed by atoms with E-state index in [0.717, 1.165) is 6.54 Å². The Morgan fingerprint density at radius 2 is 1.13 bits per heavy atom. The number of hydrogen-bond donors (Lipinski definition) is 0. The molecule has 0 amide bonds. The summed E-state index contributed by atoms with van der Waals surface area (Å²) in [6.45, 7) is 10.7. The lowest BCUT2D eigenvalue weighted by molar-refractivity contribution is 0.0313. The molecule has 0 aromatic carbocycles. The monoisotopic (exact) mass is 219 g/mol. The summed E-state index contributed by atoms with van der Waals surface area (Å²) in [5.74, 6) is 0. The Morgan fingerprint density at radius 3 is 1.20 bits per heavy atom. The van der Waals surface area contributed by atoms with E-state index in [1.165, 1.54) is 13.0 Å². The highest BCUT2D eigenvalue weighted by Crippen LogP contribution is 1.91. The molecule has 3 nitrogen and oxygen atoms in total. The summed E-state index contributed by atoms with van der Waals surface area (Å²) in [5, 5.41) is 4.45. The van der Waals surface area contributed by atoms with Gasteiger partial charge in [0.2, 0.25) is 0 Å². The average Bonchev–Trinajstić information content (AvgIpc) is 2.16. The van der Waals surface area contributed by atoms with Crippen molar-refractivity contribution in [3.8, 4) is 0 Å². The highest BCUT2D eigenvalue weighted by molar-refractivity contribution is 4.44. The summed E-state index contributed by atoms with van der Waals surface area (Å²) in [7, 11) is 10.2. The van der Waals surface area contributed by atoms with Gasteiger partial charge in [-0.15, -0.1) is 0 Å². The van der Waals surface area contributed by atoms with Gasteiger partial charge in [-0.25, -0.2) is 10.0 Å². The van der Waals surface area contributed by atoms with Crippen molar-refractivity contribution in [2.24, 2.45) is 0 Å². The van der Waals surface area contributed by atoms with E-state index in [0.29, 0.717) is 0 Å². The lowest BCUT2D eigenvalue weighted by atomic mass is 10.4. The van der Waals surface area contributed by atoms with Crippen LogP contribution in [0.5, 0.6) is 0 Å². The van der Waals surface area contributed by atoms with Gasteiger partial charge in [0.25, 0.3) is 0 Å². The molecule has 0 radical (unpaired) electrons. The second-order valence-corrected chi connectivity index (χ2v) is 3.74. The van der Waals surface area contributed by atoms with Crippen molar-refractivity contribution in [2.45, 2.75) is 34.1 Å². The molecule has 0 aliphatic heterocycles. The lowest BCUT2D eigenvalue weighted by Crippen LogP contribution is -2.37. The molecular weight excluding hydrogens is 186 g/mol. The van der Waals surface area contributed by atoms with Crippen LogP contribution in [-0.4, -0.2) is 63.2 Å². The predicted octanol–water partition coefficient (Wildman–Crippen LogP) is 2.40. The molecule has 0 aliphatic carbocycles. The van der Waals surface area contributed by atoms with Crippen LogP contribution in [-0.2, 0) is 0 Å².